The monoisotopic (exact) mass is 365 g/mol. The molecular formula is C18H27N3O5. The van der Waals surface area contributed by atoms with Gasteiger partial charge in [-0.05, 0) is 24.8 Å². The summed E-state index contributed by atoms with van der Waals surface area (Å²) < 4.78 is 16.2. The quantitative estimate of drug-likeness (QED) is 0.609. The van der Waals surface area contributed by atoms with Gasteiger partial charge in [0.25, 0.3) is 5.69 Å². The molecule has 0 amide bonds. The molecule has 0 bridgehead atoms. The van der Waals surface area contributed by atoms with Crippen LogP contribution in [0.2, 0.25) is 0 Å². The summed E-state index contributed by atoms with van der Waals surface area (Å²) in [6.45, 7) is 4.92. The Bertz CT molecular complexity index is 609. The van der Waals surface area contributed by atoms with Gasteiger partial charge >= 0.3 is 0 Å². The summed E-state index contributed by atoms with van der Waals surface area (Å²) in [6.07, 6.45) is 1.81. The van der Waals surface area contributed by atoms with Crippen molar-refractivity contribution in [3.8, 4) is 11.5 Å². The topological polar surface area (TPSA) is 86.1 Å². The maximum atomic E-state index is 11.8. The van der Waals surface area contributed by atoms with Crippen molar-refractivity contribution in [1.82, 2.24) is 10.2 Å². The zero-order valence-electron chi connectivity index (χ0n) is 15.4. The Hall–Kier alpha value is -1.90. The van der Waals surface area contributed by atoms with Gasteiger partial charge in [-0.15, -0.1) is 0 Å². The van der Waals surface area contributed by atoms with Crippen LogP contribution in [0.15, 0.2) is 12.1 Å². The highest BCUT2D eigenvalue weighted by Gasteiger charge is 2.36. The van der Waals surface area contributed by atoms with Gasteiger partial charge in [-0.3, -0.25) is 15.0 Å². The second-order valence-corrected chi connectivity index (χ2v) is 6.70. The lowest BCUT2D eigenvalue weighted by atomic mass is 9.84. The van der Waals surface area contributed by atoms with Crippen molar-refractivity contribution in [1.29, 1.82) is 0 Å². The number of nitrogens with zero attached hydrogens (tertiary/aromatic N) is 2. The first kappa shape index (κ1) is 18.9. The summed E-state index contributed by atoms with van der Waals surface area (Å²) in [7, 11) is 3.05. The number of nitro benzene ring substituents is 1. The summed E-state index contributed by atoms with van der Waals surface area (Å²) in [5.74, 6) is 1.23. The molecule has 1 N–H and O–H groups in total. The predicted octanol–water partition coefficient (Wildman–Crippen LogP) is 1.98. The Kier molecular flexibility index (Phi) is 6.29. The van der Waals surface area contributed by atoms with E-state index in [-0.39, 0.29) is 16.7 Å². The Morgan fingerprint density at radius 2 is 1.81 bits per heavy atom. The van der Waals surface area contributed by atoms with Crippen LogP contribution >= 0.6 is 0 Å². The van der Waals surface area contributed by atoms with E-state index in [0.717, 1.165) is 39.0 Å². The van der Waals surface area contributed by atoms with E-state index in [9.17, 15) is 10.1 Å². The third-order valence-corrected chi connectivity index (χ3v) is 5.31. The van der Waals surface area contributed by atoms with Gasteiger partial charge in [0.1, 0.15) is 0 Å². The molecule has 144 valence electrons. The fourth-order valence-corrected chi connectivity index (χ4v) is 4.02. The van der Waals surface area contributed by atoms with E-state index in [1.807, 2.05) is 0 Å². The molecule has 3 rings (SSSR count). The first-order chi connectivity index (χ1) is 12.7. The molecule has 8 nitrogen and oxygen atoms in total. The van der Waals surface area contributed by atoms with Gasteiger partial charge < -0.3 is 19.5 Å². The van der Waals surface area contributed by atoms with E-state index >= 15 is 0 Å². The minimum atomic E-state index is -0.314. The van der Waals surface area contributed by atoms with Gasteiger partial charge in [-0.2, -0.15) is 0 Å². The van der Waals surface area contributed by atoms with Crippen molar-refractivity contribution in [2.24, 2.45) is 5.92 Å². The van der Waals surface area contributed by atoms with E-state index in [4.69, 9.17) is 14.2 Å². The number of nitro groups is 1. The maximum Gasteiger partial charge on any atom is 0.278 e. The number of piperazine rings is 1. The van der Waals surface area contributed by atoms with Crippen molar-refractivity contribution in [3.05, 3.63) is 27.8 Å². The molecule has 0 saturated carbocycles. The first-order valence-electron chi connectivity index (χ1n) is 9.08. The molecule has 2 fully saturated rings. The van der Waals surface area contributed by atoms with Crippen molar-refractivity contribution in [2.45, 2.75) is 18.9 Å². The van der Waals surface area contributed by atoms with Crippen LogP contribution in [0.4, 0.5) is 5.69 Å². The molecule has 2 aliphatic heterocycles. The molecule has 0 aliphatic carbocycles. The number of benzene rings is 1. The summed E-state index contributed by atoms with van der Waals surface area (Å²) in [5.41, 5.74) is 0.805. The molecule has 0 spiro atoms. The first-order valence-corrected chi connectivity index (χ1v) is 9.08. The summed E-state index contributed by atoms with van der Waals surface area (Å²) in [6, 6.07) is 3.25. The van der Waals surface area contributed by atoms with Crippen LogP contribution in [-0.4, -0.2) is 63.4 Å². The van der Waals surface area contributed by atoms with E-state index < -0.39 is 0 Å². The highest BCUT2D eigenvalue weighted by molar-refractivity contribution is 5.55. The van der Waals surface area contributed by atoms with Gasteiger partial charge in [-0.25, -0.2) is 0 Å². The van der Waals surface area contributed by atoms with Crippen LogP contribution in [-0.2, 0) is 4.74 Å². The number of rotatable bonds is 6. The zero-order valence-corrected chi connectivity index (χ0v) is 15.4. The lowest BCUT2D eigenvalue weighted by Crippen LogP contribution is -2.47. The minimum Gasteiger partial charge on any atom is -0.493 e. The maximum absolute atomic E-state index is 11.8. The van der Waals surface area contributed by atoms with Crippen molar-refractivity contribution < 1.29 is 19.1 Å². The lowest BCUT2D eigenvalue weighted by Gasteiger charge is -2.40. The van der Waals surface area contributed by atoms with Gasteiger partial charge in [0.15, 0.2) is 11.5 Å². The summed E-state index contributed by atoms with van der Waals surface area (Å²) in [5, 5.41) is 15.2. The molecule has 26 heavy (non-hydrogen) atoms. The van der Waals surface area contributed by atoms with Crippen molar-refractivity contribution in [2.75, 3.05) is 53.6 Å². The zero-order chi connectivity index (χ0) is 18.5. The molecule has 0 unspecified atom stereocenters. The highest BCUT2D eigenvalue weighted by Crippen LogP contribution is 2.44. The third kappa shape index (κ3) is 3.92. The fourth-order valence-electron chi connectivity index (χ4n) is 4.02. The lowest BCUT2D eigenvalue weighted by molar-refractivity contribution is -0.386. The number of hydrogen-bond acceptors (Lipinski definition) is 7. The molecule has 2 heterocycles. The van der Waals surface area contributed by atoms with Crippen LogP contribution in [0.3, 0.4) is 0 Å². The Morgan fingerprint density at radius 1 is 1.19 bits per heavy atom. The number of ether oxygens (including phenoxy) is 3. The minimum absolute atomic E-state index is 0.0267. The Labute approximate surface area is 153 Å². The SMILES string of the molecule is COc1cc([C@@H](C2CCOCC2)N2CCNCC2)c([N+](=O)[O-])cc1OC. The van der Waals surface area contributed by atoms with Crippen LogP contribution < -0.4 is 14.8 Å². The Balaban J connectivity index is 2.07. The van der Waals surface area contributed by atoms with E-state index in [1.54, 1.807) is 13.2 Å². The molecule has 1 atom stereocenters. The number of hydrogen-bond donors (Lipinski definition) is 1. The molecule has 8 heteroatoms. The van der Waals surface area contributed by atoms with Crippen LogP contribution in [0.25, 0.3) is 0 Å². The molecule has 0 radical (unpaired) electrons. The molecule has 1 aromatic carbocycles. The molecule has 1 aromatic rings. The van der Waals surface area contributed by atoms with Crippen LogP contribution in [0, 0.1) is 16.0 Å². The summed E-state index contributed by atoms with van der Waals surface area (Å²) in [4.78, 5) is 13.9. The predicted molar refractivity (Wildman–Crippen MR) is 96.9 cm³/mol. The Morgan fingerprint density at radius 3 is 2.38 bits per heavy atom. The van der Waals surface area contributed by atoms with Gasteiger partial charge in [0.05, 0.1) is 30.8 Å². The third-order valence-electron chi connectivity index (χ3n) is 5.31. The van der Waals surface area contributed by atoms with Gasteiger partial charge in [0.2, 0.25) is 0 Å². The smallest absolute Gasteiger partial charge is 0.278 e. The molecule has 2 saturated heterocycles. The average Bonchev–Trinajstić information content (AvgIpc) is 2.69. The fraction of sp³-hybridized carbons (Fsp3) is 0.667. The normalized spacial score (nSPS) is 20.5. The van der Waals surface area contributed by atoms with Gasteiger partial charge in [0, 0.05) is 45.4 Å². The van der Waals surface area contributed by atoms with Gasteiger partial charge in [-0.1, -0.05) is 0 Å². The number of nitrogens with one attached hydrogen (secondary N) is 1. The molecule has 0 aromatic heterocycles. The second-order valence-electron chi connectivity index (χ2n) is 6.70. The highest BCUT2D eigenvalue weighted by atomic mass is 16.6. The van der Waals surface area contributed by atoms with Crippen LogP contribution in [0.1, 0.15) is 24.4 Å². The standard InChI is InChI=1S/C18H27N3O5/c1-24-16-11-14(15(21(22)23)12-17(16)25-2)18(13-3-9-26-10-4-13)20-7-5-19-6-8-20/h11-13,18-19H,3-10H2,1-2H3/t18-/m1/s1. The molecular weight excluding hydrogens is 338 g/mol. The van der Waals surface area contributed by atoms with E-state index in [0.29, 0.717) is 36.2 Å². The van der Waals surface area contributed by atoms with Crippen molar-refractivity contribution in [3.63, 3.8) is 0 Å². The van der Waals surface area contributed by atoms with E-state index in [2.05, 4.69) is 10.2 Å². The molecule has 2 aliphatic rings. The average molecular weight is 365 g/mol. The number of methoxy groups -OCH3 is 2. The van der Waals surface area contributed by atoms with Crippen LogP contribution in [0.5, 0.6) is 11.5 Å². The van der Waals surface area contributed by atoms with E-state index in [1.165, 1.54) is 13.2 Å². The largest absolute Gasteiger partial charge is 0.493 e. The second kappa shape index (κ2) is 8.66. The summed E-state index contributed by atoms with van der Waals surface area (Å²) >= 11 is 0. The van der Waals surface area contributed by atoms with Crippen molar-refractivity contribution >= 4 is 5.69 Å².